The van der Waals surface area contributed by atoms with Crippen molar-refractivity contribution in [1.82, 2.24) is 14.8 Å². The molecule has 0 atom stereocenters. The molecule has 0 N–H and O–H groups in total. The highest BCUT2D eigenvalue weighted by Crippen LogP contribution is 2.28. The van der Waals surface area contributed by atoms with Gasteiger partial charge < -0.3 is 9.30 Å². The van der Waals surface area contributed by atoms with Gasteiger partial charge in [0.2, 0.25) is 0 Å². The fraction of sp³-hybridized carbons (Fsp3) is 0.529. The van der Waals surface area contributed by atoms with Crippen LogP contribution in [0.1, 0.15) is 55.4 Å². The second-order valence-electron chi connectivity index (χ2n) is 6.13. The lowest BCUT2D eigenvalue weighted by Crippen LogP contribution is -2.14. The van der Waals surface area contributed by atoms with Crippen molar-refractivity contribution in [3.63, 3.8) is 0 Å². The number of aromatic nitrogens is 3. The van der Waals surface area contributed by atoms with Gasteiger partial charge in [-0.2, -0.15) is 0 Å². The molecule has 2 aromatic rings. The Hall–Kier alpha value is -1.84. The highest BCUT2D eigenvalue weighted by Gasteiger charge is 2.16. The molecule has 1 aromatic heterocycles. The fourth-order valence-corrected chi connectivity index (χ4v) is 2.86. The van der Waals surface area contributed by atoms with Crippen molar-refractivity contribution >= 4 is 0 Å². The zero-order valence-electron chi connectivity index (χ0n) is 13.1. The minimum absolute atomic E-state index is 0.452. The fourth-order valence-electron chi connectivity index (χ4n) is 2.86. The van der Waals surface area contributed by atoms with E-state index in [2.05, 4.69) is 53.7 Å². The molecule has 0 radical (unpaired) electrons. The maximum atomic E-state index is 6.07. The number of aryl methyl sites for hydroxylation is 2. The molecule has 0 saturated carbocycles. The summed E-state index contributed by atoms with van der Waals surface area (Å²) in [5, 5.41) is 8.57. The van der Waals surface area contributed by atoms with Gasteiger partial charge in [-0.05, 0) is 42.9 Å². The summed E-state index contributed by atoms with van der Waals surface area (Å²) in [7, 11) is 0. The Kier molecular flexibility index (Phi) is 3.95. The highest BCUT2D eigenvalue weighted by atomic mass is 16.5. The minimum atomic E-state index is 0.452. The number of hydrogen-bond donors (Lipinski definition) is 0. The second-order valence-corrected chi connectivity index (χ2v) is 6.13. The average Bonchev–Trinajstić information content (AvgIpc) is 2.88. The largest absolute Gasteiger partial charge is 0.485 e. The van der Waals surface area contributed by atoms with Crippen LogP contribution < -0.4 is 4.74 Å². The lowest BCUT2D eigenvalue weighted by molar-refractivity contribution is 0.282. The number of fused-ring (bicyclic) bond motifs is 1. The predicted molar refractivity (Wildman–Crippen MR) is 82.6 cm³/mol. The first kappa shape index (κ1) is 14.1. The van der Waals surface area contributed by atoms with Crippen LogP contribution in [-0.2, 0) is 19.6 Å². The molecule has 3 rings (SSSR count). The average molecular weight is 285 g/mol. The van der Waals surface area contributed by atoms with Crippen molar-refractivity contribution < 1.29 is 4.74 Å². The molecule has 112 valence electrons. The van der Waals surface area contributed by atoms with Crippen LogP contribution in [0.4, 0.5) is 0 Å². The normalized spacial score (nSPS) is 14.3. The first-order valence-electron chi connectivity index (χ1n) is 7.79. The third-order valence-corrected chi connectivity index (χ3v) is 4.08. The Morgan fingerprint density at radius 3 is 2.90 bits per heavy atom. The molecule has 0 amide bonds. The summed E-state index contributed by atoms with van der Waals surface area (Å²) in [5.41, 5.74) is 2.47. The van der Waals surface area contributed by atoms with Crippen molar-refractivity contribution in [1.29, 1.82) is 0 Å². The SMILES string of the molecule is Cc1ccc(C(C)C)c(OCc2nnc3n2CCCC3)c1. The third kappa shape index (κ3) is 2.94. The van der Waals surface area contributed by atoms with E-state index >= 15 is 0 Å². The molecule has 1 aliphatic rings. The molecule has 1 aromatic carbocycles. The second kappa shape index (κ2) is 5.88. The van der Waals surface area contributed by atoms with Crippen LogP contribution in [0.5, 0.6) is 5.75 Å². The maximum Gasteiger partial charge on any atom is 0.171 e. The smallest absolute Gasteiger partial charge is 0.171 e. The molecule has 0 bridgehead atoms. The van der Waals surface area contributed by atoms with Crippen LogP contribution >= 0.6 is 0 Å². The van der Waals surface area contributed by atoms with Crippen LogP contribution in [0.25, 0.3) is 0 Å². The van der Waals surface area contributed by atoms with E-state index in [1.54, 1.807) is 0 Å². The Balaban J connectivity index is 1.79. The monoisotopic (exact) mass is 285 g/mol. The standard InChI is InChI=1S/C17H23N3O/c1-12(2)14-8-7-13(3)10-15(14)21-11-17-19-18-16-6-4-5-9-20(16)17/h7-8,10,12H,4-6,9,11H2,1-3H3. The van der Waals surface area contributed by atoms with E-state index in [1.807, 2.05) is 0 Å². The molecule has 21 heavy (non-hydrogen) atoms. The summed E-state index contributed by atoms with van der Waals surface area (Å²) < 4.78 is 8.28. The Labute approximate surface area is 126 Å². The van der Waals surface area contributed by atoms with Gasteiger partial charge >= 0.3 is 0 Å². The van der Waals surface area contributed by atoms with Crippen LogP contribution in [0.3, 0.4) is 0 Å². The van der Waals surface area contributed by atoms with E-state index in [9.17, 15) is 0 Å². The number of benzene rings is 1. The van der Waals surface area contributed by atoms with Gasteiger partial charge in [-0.1, -0.05) is 26.0 Å². The first-order valence-corrected chi connectivity index (χ1v) is 7.79. The van der Waals surface area contributed by atoms with E-state index in [1.165, 1.54) is 24.0 Å². The molecule has 4 heteroatoms. The van der Waals surface area contributed by atoms with E-state index in [0.717, 1.165) is 30.4 Å². The summed E-state index contributed by atoms with van der Waals surface area (Å²) in [6, 6.07) is 6.42. The molecule has 0 saturated heterocycles. The topological polar surface area (TPSA) is 39.9 Å². The van der Waals surface area contributed by atoms with E-state index in [4.69, 9.17) is 4.74 Å². The molecule has 0 spiro atoms. The molecule has 1 aliphatic heterocycles. The van der Waals surface area contributed by atoms with E-state index in [0.29, 0.717) is 12.5 Å². The van der Waals surface area contributed by atoms with Gasteiger partial charge in [0.1, 0.15) is 18.2 Å². The van der Waals surface area contributed by atoms with Crippen LogP contribution in [0.2, 0.25) is 0 Å². The van der Waals surface area contributed by atoms with Crippen LogP contribution in [0, 0.1) is 6.92 Å². The van der Waals surface area contributed by atoms with Crippen molar-refractivity contribution in [3.05, 3.63) is 41.0 Å². The Bertz CT molecular complexity index is 631. The molecule has 2 heterocycles. The number of nitrogens with zero attached hydrogens (tertiary/aromatic N) is 3. The summed E-state index contributed by atoms with van der Waals surface area (Å²) in [6.45, 7) is 7.99. The quantitative estimate of drug-likeness (QED) is 0.861. The lowest BCUT2D eigenvalue weighted by Gasteiger charge is -2.17. The predicted octanol–water partition coefficient (Wildman–Crippen LogP) is 3.63. The van der Waals surface area contributed by atoms with Crippen molar-refractivity contribution in [2.24, 2.45) is 0 Å². The van der Waals surface area contributed by atoms with Gasteiger partial charge in [-0.25, -0.2) is 0 Å². The zero-order valence-corrected chi connectivity index (χ0v) is 13.1. The van der Waals surface area contributed by atoms with Gasteiger partial charge in [0, 0.05) is 13.0 Å². The van der Waals surface area contributed by atoms with Crippen molar-refractivity contribution in [2.45, 2.75) is 59.1 Å². The number of ether oxygens (including phenoxy) is 1. The first-order chi connectivity index (χ1) is 10.1. The van der Waals surface area contributed by atoms with Gasteiger partial charge in [0.25, 0.3) is 0 Å². The third-order valence-electron chi connectivity index (χ3n) is 4.08. The molecule has 0 unspecified atom stereocenters. The maximum absolute atomic E-state index is 6.07. The summed E-state index contributed by atoms with van der Waals surface area (Å²) in [5.74, 6) is 3.47. The van der Waals surface area contributed by atoms with Gasteiger partial charge in [-0.3, -0.25) is 0 Å². The summed E-state index contributed by atoms with van der Waals surface area (Å²) in [4.78, 5) is 0. The van der Waals surface area contributed by atoms with Crippen molar-refractivity contribution in [2.75, 3.05) is 0 Å². The lowest BCUT2D eigenvalue weighted by atomic mass is 10.0. The molecule has 0 aliphatic carbocycles. The highest BCUT2D eigenvalue weighted by molar-refractivity contribution is 5.39. The summed E-state index contributed by atoms with van der Waals surface area (Å²) >= 11 is 0. The van der Waals surface area contributed by atoms with E-state index in [-0.39, 0.29) is 0 Å². The molecular weight excluding hydrogens is 262 g/mol. The molecular formula is C17H23N3O. The van der Waals surface area contributed by atoms with Crippen molar-refractivity contribution in [3.8, 4) is 5.75 Å². The van der Waals surface area contributed by atoms with Crippen LogP contribution in [0.15, 0.2) is 18.2 Å². The molecule has 4 nitrogen and oxygen atoms in total. The van der Waals surface area contributed by atoms with Gasteiger partial charge in [-0.15, -0.1) is 10.2 Å². The van der Waals surface area contributed by atoms with E-state index < -0.39 is 0 Å². The minimum Gasteiger partial charge on any atom is -0.485 e. The zero-order chi connectivity index (χ0) is 14.8. The van der Waals surface area contributed by atoms with Gasteiger partial charge in [0.15, 0.2) is 5.82 Å². The van der Waals surface area contributed by atoms with Gasteiger partial charge in [0.05, 0.1) is 0 Å². The number of rotatable bonds is 4. The Morgan fingerprint density at radius 2 is 2.10 bits per heavy atom. The van der Waals surface area contributed by atoms with Crippen LogP contribution in [-0.4, -0.2) is 14.8 Å². The summed E-state index contributed by atoms with van der Waals surface area (Å²) in [6.07, 6.45) is 3.46. The Morgan fingerprint density at radius 1 is 1.24 bits per heavy atom. The number of hydrogen-bond acceptors (Lipinski definition) is 3. The molecule has 0 fully saturated rings.